The molecule has 1 rings (SSSR count). The van der Waals surface area contributed by atoms with Crippen molar-refractivity contribution in [2.24, 2.45) is 0 Å². The average Bonchev–Trinajstić information content (AvgIpc) is 2.25. The van der Waals surface area contributed by atoms with Crippen LogP contribution in [0.5, 0.6) is 0 Å². The van der Waals surface area contributed by atoms with Crippen molar-refractivity contribution >= 4 is 25.6 Å². The lowest BCUT2D eigenvalue weighted by atomic mass is 10.2. The summed E-state index contributed by atoms with van der Waals surface area (Å²) in [7, 11) is 0.154. The van der Waals surface area contributed by atoms with Crippen molar-refractivity contribution in [3.05, 3.63) is 27.4 Å². The standard InChI is InChI=1S/C7H2ClF2N3O4S/c8-18(16,17)5-3(1-11)2-12-7(13(14)15)4(5)6(9)10/h2,6H. The molecule has 1 aromatic heterocycles. The molecule has 7 nitrogen and oxygen atoms in total. The molecule has 0 N–H and O–H groups in total. The first-order chi connectivity index (χ1) is 8.20. The Labute approximate surface area is 103 Å². The average molecular weight is 298 g/mol. The second-order valence-corrected chi connectivity index (χ2v) is 5.35. The molecule has 0 saturated carbocycles. The number of nitriles is 1. The van der Waals surface area contributed by atoms with Crippen LogP contribution >= 0.6 is 10.7 Å². The van der Waals surface area contributed by atoms with Crippen LogP contribution in [0.3, 0.4) is 0 Å². The fraction of sp³-hybridized carbons (Fsp3) is 0.143. The summed E-state index contributed by atoms with van der Waals surface area (Å²) in [5, 5.41) is 19.1. The predicted molar refractivity (Wildman–Crippen MR) is 53.6 cm³/mol. The Morgan fingerprint density at radius 3 is 2.44 bits per heavy atom. The van der Waals surface area contributed by atoms with Gasteiger partial charge in [0.1, 0.15) is 22.1 Å². The number of pyridine rings is 1. The van der Waals surface area contributed by atoms with E-state index in [4.69, 9.17) is 15.9 Å². The van der Waals surface area contributed by atoms with Crippen molar-refractivity contribution in [3.63, 3.8) is 0 Å². The Morgan fingerprint density at radius 1 is 1.56 bits per heavy atom. The Morgan fingerprint density at radius 2 is 2.11 bits per heavy atom. The van der Waals surface area contributed by atoms with Crippen molar-refractivity contribution in [2.45, 2.75) is 11.3 Å². The molecule has 0 radical (unpaired) electrons. The van der Waals surface area contributed by atoms with E-state index in [1.807, 2.05) is 0 Å². The zero-order valence-corrected chi connectivity index (χ0v) is 9.74. The third kappa shape index (κ3) is 2.52. The van der Waals surface area contributed by atoms with Crippen LogP contribution in [0.25, 0.3) is 0 Å². The molecule has 0 amide bonds. The van der Waals surface area contributed by atoms with Gasteiger partial charge in [0.25, 0.3) is 15.5 Å². The minimum absolute atomic E-state index is 0.499. The van der Waals surface area contributed by atoms with Gasteiger partial charge in [-0.2, -0.15) is 5.26 Å². The van der Waals surface area contributed by atoms with Gasteiger partial charge in [-0.15, -0.1) is 0 Å². The van der Waals surface area contributed by atoms with Crippen LogP contribution in [0.4, 0.5) is 14.6 Å². The summed E-state index contributed by atoms with van der Waals surface area (Å²) < 4.78 is 47.7. The highest BCUT2D eigenvalue weighted by Crippen LogP contribution is 2.36. The summed E-state index contributed by atoms with van der Waals surface area (Å²) in [5.74, 6) is -1.36. The quantitative estimate of drug-likeness (QED) is 0.477. The maximum Gasteiger partial charge on any atom is 0.373 e. The molecule has 0 atom stereocenters. The summed E-state index contributed by atoms with van der Waals surface area (Å²) in [6.45, 7) is 0. The molecular formula is C7H2ClF2N3O4S. The van der Waals surface area contributed by atoms with Crippen molar-refractivity contribution in [1.82, 2.24) is 4.98 Å². The highest BCUT2D eigenvalue weighted by Gasteiger charge is 2.35. The number of halogens is 3. The van der Waals surface area contributed by atoms with Gasteiger partial charge >= 0.3 is 5.82 Å². The van der Waals surface area contributed by atoms with E-state index in [0.29, 0.717) is 6.20 Å². The number of rotatable bonds is 3. The summed E-state index contributed by atoms with van der Waals surface area (Å²) in [6, 6.07) is 1.28. The minimum Gasteiger partial charge on any atom is -0.358 e. The Hall–Kier alpha value is -1.86. The van der Waals surface area contributed by atoms with Gasteiger partial charge in [0.05, 0.1) is 0 Å². The monoisotopic (exact) mass is 297 g/mol. The first-order valence-electron chi connectivity index (χ1n) is 4.00. The van der Waals surface area contributed by atoms with E-state index in [2.05, 4.69) is 4.98 Å². The third-order valence-corrected chi connectivity index (χ3v) is 3.19. The van der Waals surface area contributed by atoms with Crippen molar-refractivity contribution in [1.29, 1.82) is 5.26 Å². The van der Waals surface area contributed by atoms with Crippen LogP contribution in [0.15, 0.2) is 11.1 Å². The number of hydrogen-bond donors (Lipinski definition) is 0. The van der Waals surface area contributed by atoms with Gasteiger partial charge in [0.2, 0.25) is 0 Å². The molecule has 0 unspecified atom stereocenters. The molecule has 1 aromatic rings. The van der Waals surface area contributed by atoms with Crippen LogP contribution in [-0.4, -0.2) is 18.3 Å². The van der Waals surface area contributed by atoms with Gasteiger partial charge in [-0.1, -0.05) is 0 Å². The van der Waals surface area contributed by atoms with E-state index in [9.17, 15) is 27.3 Å². The second kappa shape index (κ2) is 4.79. The molecule has 0 fully saturated rings. The number of alkyl halides is 2. The van der Waals surface area contributed by atoms with Gasteiger partial charge in [-0.25, -0.2) is 17.2 Å². The first kappa shape index (κ1) is 14.2. The van der Waals surface area contributed by atoms with Gasteiger partial charge in [0, 0.05) is 10.7 Å². The molecule has 18 heavy (non-hydrogen) atoms. The lowest BCUT2D eigenvalue weighted by Crippen LogP contribution is -2.08. The number of nitro groups is 1. The molecule has 0 saturated heterocycles. The van der Waals surface area contributed by atoms with Gasteiger partial charge in [-0.3, -0.25) is 0 Å². The summed E-state index contributed by atoms with van der Waals surface area (Å²) in [4.78, 5) is 10.9. The lowest BCUT2D eigenvalue weighted by molar-refractivity contribution is -0.391. The van der Waals surface area contributed by atoms with Crippen LogP contribution in [0, 0.1) is 21.4 Å². The van der Waals surface area contributed by atoms with E-state index in [-0.39, 0.29) is 0 Å². The number of nitrogens with zero attached hydrogens (tertiary/aromatic N) is 3. The Bertz CT molecular complexity index is 655. The van der Waals surface area contributed by atoms with E-state index < -0.39 is 42.2 Å². The zero-order valence-electron chi connectivity index (χ0n) is 8.17. The number of aromatic nitrogens is 1. The van der Waals surface area contributed by atoms with Crippen LogP contribution in [0.2, 0.25) is 0 Å². The topological polar surface area (TPSA) is 114 Å². The summed E-state index contributed by atoms with van der Waals surface area (Å²) >= 11 is 0. The predicted octanol–water partition coefficient (Wildman–Crippen LogP) is 1.73. The van der Waals surface area contributed by atoms with E-state index in [0.717, 1.165) is 0 Å². The van der Waals surface area contributed by atoms with E-state index in [1.165, 1.54) is 6.07 Å². The highest BCUT2D eigenvalue weighted by molar-refractivity contribution is 8.13. The minimum atomic E-state index is -4.75. The first-order valence-corrected chi connectivity index (χ1v) is 6.31. The van der Waals surface area contributed by atoms with E-state index in [1.54, 1.807) is 0 Å². The molecule has 0 aliphatic carbocycles. The van der Waals surface area contributed by atoms with Crippen molar-refractivity contribution in [2.75, 3.05) is 0 Å². The molecule has 0 aliphatic rings. The maximum absolute atomic E-state index is 12.7. The normalized spacial score (nSPS) is 11.3. The molecule has 0 aromatic carbocycles. The van der Waals surface area contributed by atoms with Crippen LogP contribution in [-0.2, 0) is 9.05 Å². The molecule has 0 spiro atoms. The Kier molecular flexibility index (Phi) is 3.78. The van der Waals surface area contributed by atoms with E-state index >= 15 is 0 Å². The molecule has 0 bridgehead atoms. The van der Waals surface area contributed by atoms with Crippen LogP contribution < -0.4 is 0 Å². The van der Waals surface area contributed by atoms with Crippen molar-refractivity contribution < 1.29 is 22.1 Å². The molecule has 0 aliphatic heterocycles. The largest absolute Gasteiger partial charge is 0.373 e. The molecule has 96 valence electrons. The number of hydrogen-bond acceptors (Lipinski definition) is 6. The van der Waals surface area contributed by atoms with Crippen molar-refractivity contribution in [3.8, 4) is 6.07 Å². The lowest BCUT2D eigenvalue weighted by Gasteiger charge is -2.06. The van der Waals surface area contributed by atoms with Crippen LogP contribution in [0.1, 0.15) is 17.6 Å². The molecule has 11 heteroatoms. The summed E-state index contributed by atoms with van der Waals surface area (Å²) in [6.07, 6.45) is -3.02. The smallest absolute Gasteiger partial charge is 0.358 e. The third-order valence-electron chi connectivity index (χ3n) is 1.80. The second-order valence-electron chi connectivity index (χ2n) is 2.85. The van der Waals surface area contributed by atoms with Gasteiger partial charge in [0.15, 0.2) is 6.20 Å². The fourth-order valence-corrected chi connectivity index (χ4v) is 2.49. The summed E-state index contributed by atoms with van der Waals surface area (Å²) in [5.41, 5.74) is -2.28. The maximum atomic E-state index is 12.7. The Balaban J connectivity index is 3.90. The van der Waals surface area contributed by atoms with Gasteiger partial charge in [-0.05, 0) is 9.91 Å². The SMILES string of the molecule is N#Cc1cnc([N+](=O)[O-])c(C(F)F)c1S(=O)(=O)Cl. The molecule has 1 heterocycles. The zero-order chi connectivity index (χ0) is 14.1. The highest BCUT2D eigenvalue weighted by atomic mass is 35.7. The molecular weight excluding hydrogens is 296 g/mol. The van der Waals surface area contributed by atoms with Gasteiger partial charge < -0.3 is 10.1 Å². The fourth-order valence-electron chi connectivity index (χ4n) is 1.18.